The van der Waals surface area contributed by atoms with Gasteiger partial charge in [-0.1, -0.05) is 29.8 Å². The highest BCUT2D eigenvalue weighted by molar-refractivity contribution is 7.91. The Hall–Kier alpha value is -2.48. The largest absolute Gasteiger partial charge is 0.354 e. The maximum atomic E-state index is 12.1. The lowest BCUT2D eigenvalue weighted by atomic mass is 10.1. The third kappa shape index (κ3) is 4.57. The van der Waals surface area contributed by atoms with Crippen LogP contribution in [0, 0.1) is 6.92 Å². The molecule has 0 bridgehead atoms. The molecule has 1 aliphatic heterocycles. The van der Waals surface area contributed by atoms with Crippen LogP contribution in [0.5, 0.6) is 0 Å². The lowest BCUT2D eigenvalue weighted by Gasteiger charge is -2.23. The maximum Gasteiger partial charge on any atom is 0.229 e. The fourth-order valence-corrected chi connectivity index (χ4v) is 4.70. The van der Waals surface area contributed by atoms with E-state index >= 15 is 0 Å². The summed E-state index contributed by atoms with van der Waals surface area (Å²) in [7, 11) is -1.14. The van der Waals surface area contributed by atoms with E-state index in [-0.39, 0.29) is 29.9 Å². The van der Waals surface area contributed by atoms with Crippen molar-refractivity contribution in [3.05, 3.63) is 47.5 Å². The van der Waals surface area contributed by atoms with Crippen LogP contribution in [0.25, 0.3) is 0 Å². The van der Waals surface area contributed by atoms with Crippen LogP contribution in [-0.4, -0.2) is 49.1 Å². The van der Waals surface area contributed by atoms with E-state index in [0.717, 1.165) is 11.1 Å². The minimum absolute atomic E-state index is 0.0868. The van der Waals surface area contributed by atoms with Gasteiger partial charge in [0.15, 0.2) is 21.5 Å². The van der Waals surface area contributed by atoms with E-state index in [1.807, 2.05) is 43.1 Å². The Morgan fingerprint density at radius 1 is 1.19 bits per heavy atom. The second kappa shape index (κ2) is 7.41. The van der Waals surface area contributed by atoms with Crippen molar-refractivity contribution in [2.45, 2.75) is 25.8 Å². The number of amides is 1. The molecule has 26 heavy (non-hydrogen) atoms. The molecule has 0 aliphatic carbocycles. The molecule has 2 aromatic rings. The molecule has 1 unspecified atom stereocenters. The highest BCUT2D eigenvalue weighted by atomic mass is 32.2. The number of sulfone groups is 1. The summed E-state index contributed by atoms with van der Waals surface area (Å²) in [5, 5.41) is 10.9. The number of aromatic nitrogens is 2. The fraction of sp³-hybridized carbons (Fsp3) is 0.389. The van der Waals surface area contributed by atoms with Crippen molar-refractivity contribution >= 4 is 27.4 Å². The van der Waals surface area contributed by atoms with Gasteiger partial charge in [-0.3, -0.25) is 4.79 Å². The summed E-state index contributed by atoms with van der Waals surface area (Å²) in [5.41, 5.74) is 2.08. The molecule has 1 aromatic heterocycles. The molecule has 1 saturated heterocycles. The standard InChI is InChI=1S/C18H22N4O3S/c1-13-3-5-14(6-4-13)11-18(23)19-16-7-8-17(21-20-16)22(2)15-9-10-26(24,25)12-15/h3-8,15H,9-12H2,1-2H3,(H,19,20,23). The number of rotatable bonds is 5. The first kappa shape index (κ1) is 18.3. The number of anilines is 2. The van der Waals surface area contributed by atoms with Gasteiger partial charge in [-0.25, -0.2) is 8.42 Å². The first-order chi connectivity index (χ1) is 12.3. The Bertz CT molecular complexity index is 880. The second-order valence-electron chi connectivity index (χ2n) is 6.66. The summed E-state index contributed by atoms with van der Waals surface area (Å²) >= 11 is 0. The maximum absolute atomic E-state index is 12.1. The number of carbonyl (C=O) groups excluding carboxylic acids is 1. The molecule has 1 aliphatic rings. The fourth-order valence-electron chi connectivity index (χ4n) is 2.93. The molecule has 1 fully saturated rings. The Morgan fingerprint density at radius 2 is 1.92 bits per heavy atom. The highest BCUT2D eigenvalue weighted by Gasteiger charge is 2.31. The molecule has 0 radical (unpaired) electrons. The van der Waals surface area contributed by atoms with Crippen LogP contribution < -0.4 is 10.2 Å². The molecule has 138 valence electrons. The minimum Gasteiger partial charge on any atom is -0.354 e. The van der Waals surface area contributed by atoms with Crippen molar-refractivity contribution in [2.24, 2.45) is 0 Å². The SMILES string of the molecule is Cc1ccc(CC(=O)Nc2ccc(N(C)C3CCS(=O)(=O)C3)nn2)cc1. The van der Waals surface area contributed by atoms with Gasteiger partial charge in [-0.2, -0.15) is 0 Å². The molecule has 7 nitrogen and oxygen atoms in total. The van der Waals surface area contributed by atoms with E-state index in [1.54, 1.807) is 12.1 Å². The van der Waals surface area contributed by atoms with Gasteiger partial charge in [0.2, 0.25) is 5.91 Å². The van der Waals surface area contributed by atoms with E-state index < -0.39 is 9.84 Å². The monoisotopic (exact) mass is 374 g/mol. The van der Waals surface area contributed by atoms with Gasteiger partial charge in [0, 0.05) is 13.1 Å². The first-order valence-corrected chi connectivity index (χ1v) is 10.3. The predicted molar refractivity (Wildman–Crippen MR) is 101 cm³/mol. The number of nitrogens with one attached hydrogen (secondary N) is 1. The van der Waals surface area contributed by atoms with Gasteiger partial charge >= 0.3 is 0 Å². The normalized spacial score (nSPS) is 18.5. The zero-order chi connectivity index (χ0) is 18.7. The molecule has 1 N–H and O–H groups in total. The van der Waals surface area contributed by atoms with Crippen LogP contribution in [0.2, 0.25) is 0 Å². The smallest absolute Gasteiger partial charge is 0.229 e. The van der Waals surface area contributed by atoms with Gasteiger partial charge in [-0.15, -0.1) is 10.2 Å². The summed E-state index contributed by atoms with van der Waals surface area (Å²) in [6.45, 7) is 2.00. The molecule has 3 rings (SSSR count). The van der Waals surface area contributed by atoms with Crippen LogP contribution in [-0.2, 0) is 21.1 Å². The third-order valence-corrected chi connectivity index (χ3v) is 6.27. The summed E-state index contributed by atoms with van der Waals surface area (Å²) in [6.07, 6.45) is 0.860. The average molecular weight is 374 g/mol. The Kier molecular flexibility index (Phi) is 5.22. The molecule has 2 heterocycles. The van der Waals surface area contributed by atoms with E-state index in [4.69, 9.17) is 0 Å². The Morgan fingerprint density at radius 3 is 2.50 bits per heavy atom. The molecule has 1 aromatic carbocycles. The van der Waals surface area contributed by atoms with Gasteiger partial charge in [-0.05, 0) is 31.0 Å². The number of carbonyl (C=O) groups is 1. The van der Waals surface area contributed by atoms with Crippen LogP contribution in [0.15, 0.2) is 36.4 Å². The summed E-state index contributed by atoms with van der Waals surface area (Å²) in [4.78, 5) is 13.9. The molecule has 1 amide bonds. The van der Waals surface area contributed by atoms with E-state index in [2.05, 4.69) is 15.5 Å². The highest BCUT2D eigenvalue weighted by Crippen LogP contribution is 2.21. The molecular weight excluding hydrogens is 352 g/mol. The Balaban J connectivity index is 1.58. The quantitative estimate of drug-likeness (QED) is 0.854. The van der Waals surface area contributed by atoms with E-state index in [1.165, 1.54) is 0 Å². The molecule has 1 atom stereocenters. The number of nitrogens with zero attached hydrogens (tertiary/aromatic N) is 3. The van der Waals surface area contributed by atoms with Crippen LogP contribution in [0.3, 0.4) is 0 Å². The second-order valence-corrected chi connectivity index (χ2v) is 8.88. The number of hydrogen-bond acceptors (Lipinski definition) is 6. The van der Waals surface area contributed by atoms with Crippen LogP contribution in [0.4, 0.5) is 11.6 Å². The van der Waals surface area contributed by atoms with Crippen LogP contribution >= 0.6 is 0 Å². The van der Waals surface area contributed by atoms with Crippen molar-refractivity contribution in [1.29, 1.82) is 0 Å². The topological polar surface area (TPSA) is 92.3 Å². The molecular formula is C18H22N4O3S. The molecule has 0 saturated carbocycles. The number of hydrogen-bond donors (Lipinski definition) is 1. The Labute approximate surface area is 153 Å². The average Bonchev–Trinajstić information content (AvgIpc) is 2.97. The zero-order valence-electron chi connectivity index (χ0n) is 14.8. The van der Waals surface area contributed by atoms with E-state index in [0.29, 0.717) is 18.1 Å². The van der Waals surface area contributed by atoms with Gasteiger partial charge < -0.3 is 10.2 Å². The number of aryl methyl sites for hydroxylation is 1. The van der Waals surface area contributed by atoms with Crippen molar-refractivity contribution in [3.8, 4) is 0 Å². The number of benzene rings is 1. The van der Waals surface area contributed by atoms with Crippen LogP contribution in [0.1, 0.15) is 17.5 Å². The summed E-state index contributed by atoms with van der Waals surface area (Å²) in [5.74, 6) is 1.15. The molecule has 8 heteroatoms. The predicted octanol–water partition coefficient (Wildman–Crippen LogP) is 1.59. The van der Waals surface area contributed by atoms with Gasteiger partial charge in [0.1, 0.15) is 0 Å². The van der Waals surface area contributed by atoms with Crippen molar-refractivity contribution in [1.82, 2.24) is 10.2 Å². The van der Waals surface area contributed by atoms with Crippen molar-refractivity contribution < 1.29 is 13.2 Å². The van der Waals surface area contributed by atoms with Gasteiger partial charge in [0.05, 0.1) is 17.9 Å². The zero-order valence-corrected chi connectivity index (χ0v) is 15.7. The van der Waals surface area contributed by atoms with Crippen molar-refractivity contribution in [3.63, 3.8) is 0 Å². The van der Waals surface area contributed by atoms with E-state index in [9.17, 15) is 13.2 Å². The van der Waals surface area contributed by atoms with Gasteiger partial charge in [0.25, 0.3) is 0 Å². The molecule has 0 spiro atoms. The summed E-state index contributed by atoms with van der Waals surface area (Å²) < 4.78 is 23.2. The van der Waals surface area contributed by atoms with Crippen molar-refractivity contribution in [2.75, 3.05) is 28.8 Å². The lowest BCUT2D eigenvalue weighted by molar-refractivity contribution is -0.115. The summed E-state index contributed by atoms with van der Waals surface area (Å²) in [6, 6.07) is 11.1. The first-order valence-electron chi connectivity index (χ1n) is 8.45. The third-order valence-electron chi connectivity index (χ3n) is 4.52. The lowest BCUT2D eigenvalue weighted by Crippen LogP contribution is -2.33. The minimum atomic E-state index is -2.95.